The number of Topliss-reactive ketones (excluding diaryl/α,β-unsaturated/α-hetero) is 1. The number of esters is 1. The number of carbonyl (C=O) groups is 3. The molecule has 0 radical (unpaired) electrons. The van der Waals surface area contributed by atoms with Gasteiger partial charge in [0.05, 0.1) is 18.6 Å². The van der Waals surface area contributed by atoms with Crippen LogP contribution in [0.1, 0.15) is 72.6 Å². The van der Waals surface area contributed by atoms with E-state index in [1.807, 2.05) is 6.07 Å². The fraction of sp³-hybridized carbons (Fsp3) is 0.375. The van der Waals surface area contributed by atoms with Gasteiger partial charge in [-0.25, -0.2) is 4.79 Å². The van der Waals surface area contributed by atoms with Crippen molar-refractivity contribution < 1.29 is 19.1 Å². The number of nitrogens with one attached hydrogen (secondary N) is 1. The third-order valence-corrected chi connectivity index (χ3v) is 4.53. The predicted octanol–water partition coefficient (Wildman–Crippen LogP) is 5.42. The van der Waals surface area contributed by atoms with E-state index in [4.69, 9.17) is 4.74 Å². The van der Waals surface area contributed by atoms with Crippen molar-refractivity contribution in [2.24, 2.45) is 0 Å². The highest BCUT2D eigenvalue weighted by atomic mass is 16.5. The summed E-state index contributed by atoms with van der Waals surface area (Å²) in [6, 6.07) is 15.2. The van der Waals surface area contributed by atoms with E-state index in [-0.39, 0.29) is 12.2 Å². The van der Waals surface area contributed by atoms with Crippen molar-refractivity contribution in [3.63, 3.8) is 0 Å². The first kappa shape index (κ1) is 22.3. The second kappa shape index (κ2) is 12.5. The highest BCUT2D eigenvalue weighted by molar-refractivity contribution is 6.11. The van der Waals surface area contributed by atoms with Gasteiger partial charge in [-0.05, 0) is 24.6 Å². The second-order valence-electron chi connectivity index (χ2n) is 7.00. The zero-order valence-electron chi connectivity index (χ0n) is 17.0. The Morgan fingerprint density at radius 3 is 2.28 bits per heavy atom. The lowest BCUT2D eigenvalue weighted by atomic mass is 10.1. The molecule has 2 aromatic carbocycles. The molecule has 154 valence electrons. The summed E-state index contributed by atoms with van der Waals surface area (Å²) in [7, 11) is 0. The molecule has 0 heterocycles. The van der Waals surface area contributed by atoms with Gasteiger partial charge in [0.15, 0.2) is 5.78 Å². The lowest BCUT2D eigenvalue weighted by Gasteiger charge is -2.08. The second-order valence-corrected chi connectivity index (χ2v) is 7.00. The first-order chi connectivity index (χ1) is 14.1. The fourth-order valence-corrected chi connectivity index (χ4v) is 2.93. The van der Waals surface area contributed by atoms with Gasteiger partial charge in [0.1, 0.15) is 0 Å². The molecule has 1 amide bonds. The van der Waals surface area contributed by atoms with Gasteiger partial charge < -0.3 is 10.1 Å². The minimum atomic E-state index is -0.420. The number of hydrogen-bond acceptors (Lipinski definition) is 4. The largest absolute Gasteiger partial charge is 0.462 e. The Morgan fingerprint density at radius 2 is 1.52 bits per heavy atom. The summed E-state index contributed by atoms with van der Waals surface area (Å²) in [6.07, 6.45) is 6.49. The van der Waals surface area contributed by atoms with Gasteiger partial charge in [-0.3, -0.25) is 9.59 Å². The molecule has 0 aliphatic heterocycles. The standard InChI is InChI=1S/C24H29NO4/c1-2-3-4-5-6-10-16-29-24(28)20-14-11-15-21(17-20)25-23(27)18-22(26)19-12-8-7-9-13-19/h7-9,11-15,17H,2-6,10,16,18H2,1H3,(H,25,27). The van der Waals surface area contributed by atoms with E-state index in [1.54, 1.807) is 48.5 Å². The molecule has 0 fully saturated rings. The van der Waals surface area contributed by atoms with Crippen LogP contribution in [-0.2, 0) is 9.53 Å². The number of ether oxygens (including phenoxy) is 1. The minimum absolute atomic E-state index is 0.252. The zero-order valence-corrected chi connectivity index (χ0v) is 17.0. The van der Waals surface area contributed by atoms with Gasteiger partial charge in [0.2, 0.25) is 5.91 Å². The molecule has 0 atom stereocenters. The summed E-state index contributed by atoms with van der Waals surface area (Å²) >= 11 is 0. The Hall–Kier alpha value is -2.95. The van der Waals surface area contributed by atoms with Crippen molar-refractivity contribution in [1.29, 1.82) is 0 Å². The monoisotopic (exact) mass is 395 g/mol. The molecule has 0 aromatic heterocycles. The number of amides is 1. The van der Waals surface area contributed by atoms with Crippen LogP contribution in [0.2, 0.25) is 0 Å². The Bertz CT molecular complexity index is 802. The third-order valence-electron chi connectivity index (χ3n) is 4.53. The van der Waals surface area contributed by atoms with Gasteiger partial charge in [-0.15, -0.1) is 0 Å². The van der Waals surface area contributed by atoms with Crippen molar-refractivity contribution in [1.82, 2.24) is 0 Å². The molecular formula is C24H29NO4. The average Bonchev–Trinajstić information content (AvgIpc) is 2.73. The maximum atomic E-state index is 12.2. The molecular weight excluding hydrogens is 366 g/mol. The van der Waals surface area contributed by atoms with Crippen LogP contribution < -0.4 is 5.32 Å². The molecule has 5 heteroatoms. The van der Waals surface area contributed by atoms with Gasteiger partial charge in [0, 0.05) is 11.3 Å². The summed E-state index contributed by atoms with van der Waals surface area (Å²) in [6.45, 7) is 2.58. The minimum Gasteiger partial charge on any atom is -0.462 e. The van der Waals surface area contributed by atoms with Crippen LogP contribution in [0.5, 0.6) is 0 Å². The molecule has 0 bridgehead atoms. The summed E-state index contributed by atoms with van der Waals surface area (Å²) in [5.41, 5.74) is 1.34. The molecule has 1 N–H and O–H groups in total. The zero-order chi connectivity index (χ0) is 20.9. The molecule has 0 saturated carbocycles. The molecule has 0 unspecified atom stereocenters. The Morgan fingerprint density at radius 1 is 0.828 bits per heavy atom. The lowest BCUT2D eigenvalue weighted by molar-refractivity contribution is -0.115. The summed E-state index contributed by atoms with van der Waals surface area (Å²) in [4.78, 5) is 36.5. The van der Waals surface area contributed by atoms with E-state index in [0.717, 1.165) is 19.3 Å². The SMILES string of the molecule is CCCCCCCCOC(=O)c1cccc(NC(=O)CC(=O)c2ccccc2)c1. The molecule has 2 aromatic rings. The van der Waals surface area contributed by atoms with Crippen LogP contribution in [0.4, 0.5) is 5.69 Å². The van der Waals surface area contributed by atoms with Crippen LogP contribution in [0.15, 0.2) is 54.6 Å². The van der Waals surface area contributed by atoms with Crippen molar-refractivity contribution in [3.8, 4) is 0 Å². The number of rotatable bonds is 12. The van der Waals surface area contributed by atoms with Crippen LogP contribution in [0.3, 0.4) is 0 Å². The molecule has 5 nitrogen and oxygen atoms in total. The summed E-state index contributed by atoms with van der Waals surface area (Å²) in [5, 5.41) is 2.67. The van der Waals surface area contributed by atoms with Gasteiger partial charge in [0.25, 0.3) is 0 Å². The first-order valence-electron chi connectivity index (χ1n) is 10.3. The normalized spacial score (nSPS) is 10.4. The van der Waals surface area contributed by atoms with Crippen molar-refractivity contribution in [3.05, 3.63) is 65.7 Å². The first-order valence-corrected chi connectivity index (χ1v) is 10.3. The van der Waals surface area contributed by atoms with E-state index >= 15 is 0 Å². The van der Waals surface area contributed by atoms with Crippen LogP contribution in [0.25, 0.3) is 0 Å². The number of benzene rings is 2. The Balaban J connectivity index is 1.78. The van der Waals surface area contributed by atoms with Crippen molar-refractivity contribution >= 4 is 23.3 Å². The number of unbranched alkanes of at least 4 members (excludes halogenated alkanes) is 5. The molecule has 0 saturated heterocycles. The van der Waals surface area contributed by atoms with Crippen molar-refractivity contribution in [2.45, 2.75) is 51.9 Å². The van der Waals surface area contributed by atoms with Crippen LogP contribution in [0, 0.1) is 0 Å². The van der Waals surface area contributed by atoms with E-state index in [2.05, 4.69) is 12.2 Å². The van der Waals surface area contributed by atoms with Gasteiger partial charge in [-0.2, -0.15) is 0 Å². The number of ketones is 1. The number of carbonyl (C=O) groups excluding carboxylic acids is 3. The topological polar surface area (TPSA) is 72.5 Å². The van der Waals surface area contributed by atoms with Crippen LogP contribution >= 0.6 is 0 Å². The smallest absolute Gasteiger partial charge is 0.338 e. The maximum absolute atomic E-state index is 12.2. The molecule has 29 heavy (non-hydrogen) atoms. The Kier molecular flexibility index (Phi) is 9.63. The lowest BCUT2D eigenvalue weighted by Crippen LogP contribution is -2.17. The third kappa shape index (κ3) is 8.30. The van der Waals surface area contributed by atoms with Crippen LogP contribution in [-0.4, -0.2) is 24.3 Å². The van der Waals surface area contributed by atoms with E-state index in [9.17, 15) is 14.4 Å². The van der Waals surface area contributed by atoms with E-state index in [0.29, 0.717) is 23.4 Å². The maximum Gasteiger partial charge on any atom is 0.338 e. The number of anilines is 1. The van der Waals surface area contributed by atoms with Crippen molar-refractivity contribution in [2.75, 3.05) is 11.9 Å². The Labute approximate surface area is 172 Å². The summed E-state index contributed by atoms with van der Waals surface area (Å²) < 4.78 is 5.31. The molecule has 2 rings (SSSR count). The quantitative estimate of drug-likeness (QED) is 0.226. The highest BCUT2D eigenvalue weighted by Crippen LogP contribution is 2.13. The average molecular weight is 395 g/mol. The molecule has 0 aliphatic carbocycles. The molecule has 0 spiro atoms. The molecule has 0 aliphatic rings. The number of hydrogen-bond donors (Lipinski definition) is 1. The van der Waals surface area contributed by atoms with E-state index < -0.39 is 11.9 Å². The summed E-state index contributed by atoms with van der Waals surface area (Å²) in [5.74, 6) is -1.08. The fourth-order valence-electron chi connectivity index (χ4n) is 2.93. The van der Waals surface area contributed by atoms with Gasteiger partial charge >= 0.3 is 5.97 Å². The predicted molar refractivity (Wildman–Crippen MR) is 114 cm³/mol. The van der Waals surface area contributed by atoms with E-state index in [1.165, 1.54) is 19.3 Å². The highest BCUT2D eigenvalue weighted by Gasteiger charge is 2.13. The van der Waals surface area contributed by atoms with Gasteiger partial charge in [-0.1, -0.05) is 75.4 Å².